The Morgan fingerprint density at radius 3 is 2.90 bits per heavy atom. The predicted octanol–water partition coefficient (Wildman–Crippen LogP) is 3.70. The molecule has 0 aliphatic carbocycles. The largest absolute Gasteiger partial charge is 0.378 e. The van der Waals surface area contributed by atoms with E-state index in [0.717, 1.165) is 51.2 Å². The summed E-state index contributed by atoms with van der Waals surface area (Å²) in [5, 5.41) is 4.85. The van der Waals surface area contributed by atoms with Crippen LogP contribution in [0.25, 0.3) is 0 Å². The lowest BCUT2D eigenvalue weighted by Crippen LogP contribution is -2.41. The third-order valence-corrected chi connectivity index (χ3v) is 5.46. The monoisotopic (exact) mass is 312 g/mol. The third kappa shape index (κ3) is 2.73. The van der Waals surface area contributed by atoms with Crippen LogP contribution in [-0.2, 0) is 9.47 Å². The van der Waals surface area contributed by atoms with Crippen molar-refractivity contribution in [2.24, 2.45) is 0 Å². The van der Waals surface area contributed by atoms with Gasteiger partial charge in [-0.2, -0.15) is 5.10 Å². The summed E-state index contributed by atoms with van der Waals surface area (Å²) in [5.74, 6) is 0. The fourth-order valence-corrected chi connectivity index (χ4v) is 4.08. The molecule has 2 aliphatic heterocycles. The van der Waals surface area contributed by atoms with Gasteiger partial charge in [0.15, 0.2) is 0 Å². The van der Waals surface area contributed by atoms with Crippen molar-refractivity contribution in [3.63, 3.8) is 0 Å². The Kier molecular flexibility index (Phi) is 4.30. The van der Waals surface area contributed by atoms with Gasteiger partial charge in [0.05, 0.1) is 29.3 Å². The SMILES string of the molecule is CCC(Cl)c1c(C)nn(C2CCOC3(CCOC3)C2)c1C. The first-order valence-electron chi connectivity index (χ1n) is 7.97. The molecule has 0 radical (unpaired) electrons. The number of aryl methyl sites for hydroxylation is 1. The highest BCUT2D eigenvalue weighted by atomic mass is 35.5. The van der Waals surface area contributed by atoms with Crippen molar-refractivity contribution >= 4 is 11.6 Å². The van der Waals surface area contributed by atoms with Crippen LogP contribution in [0.1, 0.15) is 61.0 Å². The topological polar surface area (TPSA) is 36.3 Å². The Morgan fingerprint density at radius 2 is 2.24 bits per heavy atom. The fourth-order valence-electron chi connectivity index (χ4n) is 3.76. The zero-order valence-electron chi connectivity index (χ0n) is 13.2. The van der Waals surface area contributed by atoms with Crippen LogP contribution in [0.3, 0.4) is 0 Å². The van der Waals surface area contributed by atoms with Gasteiger partial charge in [-0.3, -0.25) is 4.68 Å². The van der Waals surface area contributed by atoms with Gasteiger partial charge < -0.3 is 9.47 Å². The quantitative estimate of drug-likeness (QED) is 0.798. The number of alkyl halides is 1. The van der Waals surface area contributed by atoms with Crippen molar-refractivity contribution in [1.82, 2.24) is 9.78 Å². The summed E-state index contributed by atoms with van der Waals surface area (Å²) in [5.41, 5.74) is 3.41. The first kappa shape index (κ1) is 15.3. The van der Waals surface area contributed by atoms with Gasteiger partial charge in [-0.05, 0) is 26.7 Å². The van der Waals surface area contributed by atoms with E-state index in [0.29, 0.717) is 6.04 Å². The van der Waals surface area contributed by atoms with E-state index in [-0.39, 0.29) is 11.0 Å². The van der Waals surface area contributed by atoms with Crippen molar-refractivity contribution in [2.45, 2.75) is 63.5 Å². The average molecular weight is 313 g/mol. The second kappa shape index (κ2) is 5.90. The fraction of sp³-hybridized carbons (Fsp3) is 0.812. The van der Waals surface area contributed by atoms with E-state index in [1.54, 1.807) is 0 Å². The molecule has 0 amide bonds. The first-order chi connectivity index (χ1) is 10.1. The molecule has 0 aromatic carbocycles. The lowest BCUT2D eigenvalue weighted by molar-refractivity contribution is -0.0965. The van der Waals surface area contributed by atoms with Crippen LogP contribution in [0.2, 0.25) is 0 Å². The summed E-state index contributed by atoms with van der Waals surface area (Å²) in [6.45, 7) is 8.66. The van der Waals surface area contributed by atoms with Crippen molar-refractivity contribution < 1.29 is 9.47 Å². The van der Waals surface area contributed by atoms with Gasteiger partial charge in [0.1, 0.15) is 0 Å². The molecule has 0 N–H and O–H groups in total. The second-order valence-corrected chi connectivity index (χ2v) is 6.91. The highest BCUT2D eigenvalue weighted by Gasteiger charge is 2.42. The number of halogens is 1. The van der Waals surface area contributed by atoms with E-state index in [4.69, 9.17) is 26.2 Å². The zero-order valence-corrected chi connectivity index (χ0v) is 13.9. The Hall–Kier alpha value is -0.580. The Balaban J connectivity index is 1.86. The van der Waals surface area contributed by atoms with Gasteiger partial charge in [-0.1, -0.05) is 6.92 Å². The minimum Gasteiger partial charge on any atom is -0.378 e. The van der Waals surface area contributed by atoms with Crippen molar-refractivity contribution in [1.29, 1.82) is 0 Å². The summed E-state index contributed by atoms with van der Waals surface area (Å²) in [6.07, 6.45) is 3.94. The van der Waals surface area contributed by atoms with Crippen LogP contribution in [0.5, 0.6) is 0 Å². The molecule has 21 heavy (non-hydrogen) atoms. The molecule has 1 aromatic rings. The molecule has 118 valence electrons. The molecule has 3 heterocycles. The number of ether oxygens (including phenoxy) is 2. The normalized spacial score (nSPS) is 31.0. The molecule has 3 atom stereocenters. The molecule has 0 bridgehead atoms. The number of aromatic nitrogens is 2. The Labute approximate surface area is 131 Å². The molecule has 5 heteroatoms. The molecule has 2 aliphatic rings. The molecular formula is C16H25ClN2O2. The maximum atomic E-state index is 6.48. The minimum absolute atomic E-state index is 0.0577. The number of hydrogen-bond acceptors (Lipinski definition) is 3. The molecule has 0 saturated carbocycles. The Morgan fingerprint density at radius 1 is 1.43 bits per heavy atom. The van der Waals surface area contributed by atoms with Crippen LogP contribution < -0.4 is 0 Å². The number of rotatable bonds is 3. The van der Waals surface area contributed by atoms with Crippen molar-refractivity contribution in [3.05, 3.63) is 17.0 Å². The molecule has 3 rings (SSSR count). The summed E-state index contributed by atoms with van der Waals surface area (Å²) in [6, 6.07) is 0.397. The standard InChI is InChI=1S/C16H25ClN2O2/c1-4-14(17)15-11(2)18-19(12(15)3)13-5-7-21-16(9-13)6-8-20-10-16/h13-14H,4-10H2,1-3H3. The van der Waals surface area contributed by atoms with Crippen molar-refractivity contribution in [3.8, 4) is 0 Å². The maximum Gasteiger partial charge on any atom is 0.0957 e. The van der Waals surface area contributed by atoms with E-state index in [1.165, 1.54) is 11.3 Å². The molecular weight excluding hydrogens is 288 g/mol. The molecule has 1 aromatic heterocycles. The van der Waals surface area contributed by atoms with Gasteiger partial charge in [-0.15, -0.1) is 11.6 Å². The van der Waals surface area contributed by atoms with Gasteiger partial charge in [-0.25, -0.2) is 0 Å². The van der Waals surface area contributed by atoms with Crippen LogP contribution >= 0.6 is 11.6 Å². The van der Waals surface area contributed by atoms with Crippen LogP contribution in [0.4, 0.5) is 0 Å². The summed E-state index contributed by atoms with van der Waals surface area (Å²) >= 11 is 6.48. The lowest BCUT2D eigenvalue weighted by Gasteiger charge is -2.37. The van der Waals surface area contributed by atoms with E-state index in [9.17, 15) is 0 Å². The van der Waals surface area contributed by atoms with E-state index < -0.39 is 0 Å². The van der Waals surface area contributed by atoms with E-state index in [1.807, 2.05) is 0 Å². The van der Waals surface area contributed by atoms with Gasteiger partial charge in [0, 0.05) is 37.3 Å². The first-order valence-corrected chi connectivity index (χ1v) is 8.41. The molecule has 1 spiro atoms. The highest BCUT2D eigenvalue weighted by molar-refractivity contribution is 6.20. The molecule has 3 unspecified atom stereocenters. The van der Waals surface area contributed by atoms with Crippen LogP contribution in [-0.4, -0.2) is 35.2 Å². The average Bonchev–Trinajstić information content (AvgIpc) is 3.03. The number of hydrogen-bond donors (Lipinski definition) is 0. The van der Waals surface area contributed by atoms with Crippen molar-refractivity contribution in [2.75, 3.05) is 19.8 Å². The van der Waals surface area contributed by atoms with E-state index >= 15 is 0 Å². The number of nitrogens with zero attached hydrogens (tertiary/aromatic N) is 2. The predicted molar refractivity (Wildman–Crippen MR) is 83.0 cm³/mol. The summed E-state index contributed by atoms with van der Waals surface area (Å²) < 4.78 is 13.8. The molecule has 4 nitrogen and oxygen atoms in total. The van der Waals surface area contributed by atoms with Crippen LogP contribution in [0.15, 0.2) is 0 Å². The summed E-state index contributed by atoms with van der Waals surface area (Å²) in [7, 11) is 0. The Bertz CT molecular complexity index is 509. The van der Waals surface area contributed by atoms with Gasteiger partial charge in [0.2, 0.25) is 0 Å². The van der Waals surface area contributed by atoms with E-state index in [2.05, 4.69) is 25.5 Å². The minimum atomic E-state index is -0.0828. The van der Waals surface area contributed by atoms with Gasteiger partial charge in [0.25, 0.3) is 0 Å². The third-order valence-electron chi connectivity index (χ3n) is 4.93. The zero-order chi connectivity index (χ0) is 15.0. The molecule has 2 saturated heterocycles. The second-order valence-electron chi connectivity index (χ2n) is 6.39. The summed E-state index contributed by atoms with van der Waals surface area (Å²) in [4.78, 5) is 0. The molecule has 2 fully saturated rings. The van der Waals surface area contributed by atoms with Crippen LogP contribution in [0, 0.1) is 13.8 Å². The maximum absolute atomic E-state index is 6.48. The lowest BCUT2D eigenvalue weighted by atomic mass is 9.89. The smallest absolute Gasteiger partial charge is 0.0957 e. The van der Waals surface area contributed by atoms with Gasteiger partial charge >= 0.3 is 0 Å². The highest BCUT2D eigenvalue weighted by Crippen LogP contribution is 2.40.